The lowest BCUT2D eigenvalue weighted by Gasteiger charge is -2.44. The summed E-state index contributed by atoms with van der Waals surface area (Å²) in [5.41, 5.74) is 2.81. The molecule has 0 aromatic heterocycles. The Morgan fingerprint density at radius 1 is 1.23 bits per heavy atom. The Hall–Kier alpha value is -1.26. The third kappa shape index (κ3) is 2.95. The molecule has 0 radical (unpaired) electrons. The highest BCUT2D eigenvalue weighted by Crippen LogP contribution is 2.39. The van der Waals surface area contributed by atoms with Crippen LogP contribution in [0, 0.1) is 5.92 Å². The van der Waals surface area contributed by atoms with Gasteiger partial charge in [0, 0.05) is 31.7 Å². The summed E-state index contributed by atoms with van der Waals surface area (Å²) in [6.07, 6.45) is 2.35. The van der Waals surface area contributed by atoms with E-state index in [1.807, 2.05) is 0 Å². The molecule has 1 aromatic carbocycles. The van der Waals surface area contributed by atoms with Crippen molar-refractivity contribution in [3.8, 4) is 11.5 Å². The zero-order valence-corrected chi connectivity index (χ0v) is 14.2. The van der Waals surface area contributed by atoms with Gasteiger partial charge in [-0.2, -0.15) is 0 Å². The number of ether oxygens (including phenoxy) is 2. The molecule has 4 nitrogen and oxygen atoms in total. The van der Waals surface area contributed by atoms with Crippen molar-refractivity contribution in [2.45, 2.75) is 38.8 Å². The smallest absolute Gasteiger partial charge is 0.161 e. The number of hydrogen-bond acceptors (Lipinski definition) is 4. The van der Waals surface area contributed by atoms with Crippen molar-refractivity contribution < 1.29 is 9.47 Å². The molecule has 1 N–H and O–H groups in total. The summed E-state index contributed by atoms with van der Waals surface area (Å²) in [5, 5.41) is 3.74. The number of rotatable bonds is 4. The van der Waals surface area contributed by atoms with Crippen molar-refractivity contribution in [1.82, 2.24) is 10.2 Å². The summed E-state index contributed by atoms with van der Waals surface area (Å²) in [4.78, 5) is 2.64. The van der Waals surface area contributed by atoms with E-state index in [9.17, 15) is 0 Å². The minimum absolute atomic E-state index is 0.465. The van der Waals surface area contributed by atoms with Crippen molar-refractivity contribution in [3.63, 3.8) is 0 Å². The van der Waals surface area contributed by atoms with Gasteiger partial charge in [0.25, 0.3) is 0 Å². The van der Waals surface area contributed by atoms with Gasteiger partial charge in [-0.25, -0.2) is 0 Å². The molecule has 1 fully saturated rings. The van der Waals surface area contributed by atoms with Gasteiger partial charge < -0.3 is 14.8 Å². The summed E-state index contributed by atoms with van der Waals surface area (Å²) >= 11 is 0. The molecule has 0 saturated carbocycles. The molecule has 1 saturated heterocycles. The molecule has 2 aliphatic rings. The van der Waals surface area contributed by atoms with E-state index in [0.717, 1.165) is 43.5 Å². The molecule has 4 heteroatoms. The minimum atomic E-state index is 0.465. The zero-order chi connectivity index (χ0) is 15.7. The number of benzene rings is 1. The number of nitrogens with one attached hydrogen (secondary N) is 1. The first kappa shape index (κ1) is 15.6. The van der Waals surface area contributed by atoms with Crippen LogP contribution >= 0.6 is 0 Å². The molecule has 2 heterocycles. The van der Waals surface area contributed by atoms with Crippen molar-refractivity contribution in [2.75, 3.05) is 33.9 Å². The van der Waals surface area contributed by atoms with Gasteiger partial charge in [-0.1, -0.05) is 13.8 Å². The van der Waals surface area contributed by atoms with Crippen LogP contribution in [-0.2, 0) is 6.42 Å². The van der Waals surface area contributed by atoms with Gasteiger partial charge in [-0.3, -0.25) is 4.90 Å². The molecule has 2 aliphatic heterocycles. The first-order chi connectivity index (χ1) is 10.6. The van der Waals surface area contributed by atoms with Gasteiger partial charge in [0.1, 0.15) is 0 Å². The highest BCUT2D eigenvalue weighted by atomic mass is 16.5. The summed E-state index contributed by atoms with van der Waals surface area (Å²) in [6.45, 7) is 7.92. The van der Waals surface area contributed by atoms with Crippen LogP contribution in [0.3, 0.4) is 0 Å². The van der Waals surface area contributed by atoms with Crippen LogP contribution < -0.4 is 14.8 Å². The van der Waals surface area contributed by atoms with E-state index in [1.165, 1.54) is 17.5 Å². The first-order valence-electron chi connectivity index (χ1n) is 8.34. The molecule has 22 heavy (non-hydrogen) atoms. The fourth-order valence-corrected chi connectivity index (χ4v) is 3.89. The molecule has 0 spiro atoms. The Labute approximate surface area is 133 Å². The Balaban J connectivity index is 1.82. The number of hydrogen-bond donors (Lipinski definition) is 1. The summed E-state index contributed by atoms with van der Waals surface area (Å²) < 4.78 is 10.9. The molecular weight excluding hydrogens is 276 g/mol. The SMILES string of the molecule is COc1cc2c(cc1OC)[C@H]1CN[C@H](CC(C)C)CN1CC2. The molecule has 3 rings (SSSR count). The van der Waals surface area contributed by atoms with E-state index in [-0.39, 0.29) is 0 Å². The first-order valence-corrected chi connectivity index (χ1v) is 8.34. The highest BCUT2D eigenvalue weighted by molar-refractivity contribution is 5.49. The van der Waals surface area contributed by atoms with Gasteiger partial charge >= 0.3 is 0 Å². The second-order valence-corrected chi connectivity index (χ2v) is 6.90. The number of nitrogens with zero attached hydrogens (tertiary/aromatic N) is 1. The Bertz CT molecular complexity index is 530. The quantitative estimate of drug-likeness (QED) is 0.927. The van der Waals surface area contributed by atoms with E-state index < -0.39 is 0 Å². The lowest BCUT2D eigenvalue weighted by atomic mass is 9.88. The highest BCUT2D eigenvalue weighted by Gasteiger charge is 2.34. The topological polar surface area (TPSA) is 33.7 Å². The van der Waals surface area contributed by atoms with Crippen molar-refractivity contribution in [3.05, 3.63) is 23.3 Å². The number of piperazine rings is 1. The zero-order valence-electron chi connectivity index (χ0n) is 14.2. The maximum atomic E-state index is 5.49. The van der Waals surface area contributed by atoms with Crippen LogP contribution in [0.1, 0.15) is 37.4 Å². The maximum absolute atomic E-state index is 5.49. The van der Waals surface area contributed by atoms with Crippen molar-refractivity contribution in [2.24, 2.45) is 5.92 Å². The molecular formula is C18H28N2O2. The summed E-state index contributed by atoms with van der Waals surface area (Å²) in [5.74, 6) is 2.43. The summed E-state index contributed by atoms with van der Waals surface area (Å²) in [6, 6.07) is 5.42. The van der Waals surface area contributed by atoms with Crippen LogP contribution in [0.5, 0.6) is 11.5 Å². The molecule has 122 valence electrons. The fourth-order valence-electron chi connectivity index (χ4n) is 3.89. The second kappa shape index (κ2) is 6.47. The largest absolute Gasteiger partial charge is 0.493 e. The molecule has 0 bridgehead atoms. The van der Waals surface area contributed by atoms with Gasteiger partial charge in [0.05, 0.1) is 14.2 Å². The molecule has 0 amide bonds. The number of fused-ring (bicyclic) bond motifs is 3. The Morgan fingerprint density at radius 3 is 2.64 bits per heavy atom. The van der Waals surface area contributed by atoms with E-state index in [1.54, 1.807) is 14.2 Å². The molecule has 0 unspecified atom stereocenters. The van der Waals surface area contributed by atoms with Gasteiger partial charge in [0.2, 0.25) is 0 Å². The molecule has 2 atom stereocenters. The van der Waals surface area contributed by atoms with Gasteiger partial charge in [-0.05, 0) is 42.0 Å². The van der Waals surface area contributed by atoms with Crippen LogP contribution in [0.4, 0.5) is 0 Å². The Morgan fingerprint density at radius 2 is 1.95 bits per heavy atom. The predicted molar refractivity (Wildman–Crippen MR) is 88.8 cm³/mol. The lowest BCUT2D eigenvalue weighted by Crippen LogP contribution is -2.54. The number of methoxy groups -OCH3 is 2. The van der Waals surface area contributed by atoms with Crippen molar-refractivity contribution in [1.29, 1.82) is 0 Å². The van der Waals surface area contributed by atoms with Gasteiger partial charge in [-0.15, -0.1) is 0 Å². The fraction of sp³-hybridized carbons (Fsp3) is 0.667. The van der Waals surface area contributed by atoms with E-state index in [0.29, 0.717) is 12.1 Å². The Kier molecular flexibility index (Phi) is 4.59. The molecule has 0 aliphatic carbocycles. The third-order valence-corrected chi connectivity index (χ3v) is 4.92. The second-order valence-electron chi connectivity index (χ2n) is 6.90. The van der Waals surface area contributed by atoms with Gasteiger partial charge in [0.15, 0.2) is 11.5 Å². The van der Waals surface area contributed by atoms with E-state index in [2.05, 4.69) is 36.2 Å². The average Bonchev–Trinajstić information content (AvgIpc) is 2.52. The van der Waals surface area contributed by atoms with Crippen LogP contribution in [-0.4, -0.2) is 44.8 Å². The minimum Gasteiger partial charge on any atom is -0.493 e. The molecule has 1 aromatic rings. The monoisotopic (exact) mass is 304 g/mol. The van der Waals surface area contributed by atoms with Crippen LogP contribution in [0.25, 0.3) is 0 Å². The van der Waals surface area contributed by atoms with Crippen molar-refractivity contribution >= 4 is 0 Å². The van der Waals surface area contributed by atoms with E-state index >= 15 is 0 Å². The average molecular weight is 304 g/mol. The third-order valence-electron chi connectivity index (χ3n) is 4.92. The standard InChI is InChI=1S/C18H28N2O2/c1-12(2)7-14-11-20-6-5-13-8-17(21-3)18(22-4)9-15(13)16(20)10-19-14/h8-9,12,14,16,19H,5-7,10-11H2,1-4H3/t14-,16-/m1/s1. The lowest BCUT2D eigenvalue weighted by molar-refractivity contribution is 0.113. The van der Waals surface area contributed by atoms with Crippen LogP contribution in [0.15, 0.2) is 12.1 Å². The van der Waals surface area contributed by atoms with Crippen LogP contribution in [0.2, 0.25) is 0 Å². The normalized spacial score (nSPS) is 24.8. The van der Waals surface area contributed by atoms with E-state index in [4.69, 9.17) is 9.47 Å². The maximum Gasteiger partial charge on any atom is 0.161 e. The predicted octanol–water partition coefficient (Wildman–Crippen LogP) is 2.62. The summed E-state index contributed by atoms with van der Waals surface area (Å²) in [7, 11) is 3.42.